The van der Waals surface area contributed by atoms with Crippen molar-refractivity contribution >= 4 is 13.3 Å². The van der Waals surface area contributed by atoms with Gasteiger partial charge < -0.3 is 4.74 Å². The van der Waals surface area contributed by atoms with Crippen molar-refractivity contribution in [2.75, 3.05) is 0 Å². The van der Waals surface area contributed by atoms with Crippen molar-refractivity contribution in [1.82, 2.24) is 0 Å². The van der Waals surface area contributed by atoms with Crippen LogP contribution in [0.2, 0.25) is 0 Å². The van der Waals surface area contributed by atoms with E-state index in [4.69, 9.17) is 4.74 Å². The normalized spacial score (nSPS) is 11.2. The molecular formula is C10H15BO. The van der Waals surface area contributed by atoms with Gasteiger partial charge in [0.25, 0.3) is 0 Å². The highest BCUT2D eigenvalue weighted by molar-refractivity contribution is 6.32. The highest BCUT2D eigenvalue weighted by atomic mass is 16.5. The Hall–Kier alpha value is -0.915. The Labute approximate surface area is 75.2 Å². The van der Waals surface area contributed by atoms with E-state index in [9.17, 15) is 0 Å². The molecule has 0 saturated heterocycles. The molecule has 0 saturated carbocycles. The fourth-order valence-corrected chi connectivity index (χ4v) is 0.960. The first-order chi connectivity index (χ1) is 5.47. The Morgan fingerprint density at radius 2 is 1.58 bits per heavy atom. The van der Waals surface area contributed by atoms with Crippen LogP contribution in [-0.4, -0.2) is 13.4 Å². The maximum atomic E-state index is 5.66. The molecule has 0 amide bonds. The van der Waals surface area contributed by atoms with Crippen LogP contribution >= 0.6 is 0 Å². The average Bonchev–Trinajstić information content (AvgIpc) is 1.91. The summed E-state index contributed by atoms with van der Waals surface area (Å²) >= 11 is 0. The Morgan fingerprint density at radius 1 is 1.08 bits per heavy atom. The van der Waals surface area contributed by atoms with Gasteiger partial charge in [-0.25, -0.2) is 0 Å². The van der Waals surface area contributed by atoms with Crippen molar-refractivity contribution < 1.29 is 4.74 Å². The molecule has 0 unspecified atom stereocenters. The molecule has 1 aromatic carbocycles. The monoisotopic (exact) mass is 162 g/mol. The van der Waals surface area contributed by atoms with E-state index in [0.29, 0.717) is 0 Å². The molecule has 64 valence electrons. The Morgan fingerprint density at radius 3 is 2.00 bits per heavy atom. The third-order valence-corrected chi connectivity index (χ3v) is 1.45. The van der Waals surface area contributed by atoms with Crippen molar-refractivity contribution in [2.24, 2.45) is 0 Å². The summed E-state index contributed by atoms with van der Waals surface area (Å²) in [6.07, 6.45) is 0. The summed E-state index contributed by atoms with van der Waals surface area (Å²) in [5, 5.41) is 0. The Balaban J connectivity index is 2.71. The van der Waals surface area contributed by atoms with Crippen LogP contribution in [0, 0.1) is 0 Å². The van der Waals surface area contributed by atoms with E-state index < -0.39 is 0 Å². The molecular weight excluding hydrogens is 147 g/mol. The molecule has 2 heteroatoms. The first-order valence-corrected chi connectivity index (χ1v) is 4.23. The van der Waals surface area contributed by atoms with E-state index in [0.717, 1.165) is 5.75 Å². The summed E-state index contributed by atoms with van der Waals surface area (Å²) in [7, 11) is 2.07. The van der Waals surface area contributed by atoms with E-state index in [-0.39, 0.29) is 5.60 Å². The minimum Gasteiger partial charge on any atom is -0.488 e. The molecule has 0 heterocycles. The minimum absolute atomic E-state index is 0.102. The number of rotatable bonds is 1. The van der Waals surface area contributed by atoms with Crippen molar-refractivity contribution in [1.29, 1.82) is 0 Å². The maximum absolute atomic E-state index is 5.66. The minimum atomic E-state index is -0.102. The molecule has 1 rings (SSSR count). The van der Waals surface area contributed by atoms with Crippen LogP contribution in [0.25, 0.3) is 0 Å². The van der Waals surface area contributed by atoms with Gasteiger partial charge in [0.2, 0.25) is 0 Å². The summed E-state index contributed by atoms with van der Waals surface area (Å²) in [4.78, 5) is 0. The third kappa shape index (κ3) is 2.99. The highest BCUT2D eigenvalue weighted by Crippen LogP contribution is 2.15. The van der Waals surface area contributed by atoms with Gasteiger partial charge in [-0.3, -0.25) is 0 Å². The van der Waals surface area contributed by atoms with Gasteiger partial charge in [-0.1, -0.05) is 17.6 Å². The van der Waals surface area contributed by atoms with Gasteiger partial charge in [0.1, 0.15) is 19.2 Å². The molecule has 0 spiro atoms. The number of hydrogen-bond acceptors (Lipinski definition) is 1. The second kappa shape index (κ2) is 3.22. The first-order valence-electron chi connectivity index (χ1n) is 4.23. The van der Waals surface area contributed by atoms with Crippen molar-refractivity contribution in [3.05, 3.63) is 24.3 Å². The number of benzene rings is 1. The van der Waals surface area contributed by atoms with E-state index in [1.54, 1.807) is 0 Å². The standard InChI is InChI=1S/C10H15BO/c1-10(2,3)12-9-6-4-8(11)5-7-9/h4-7H,11H2,1-3H3. The van der Waals surface area contributed by atoms with Gasteiger partial charge >= 0.3 is 0 Å². The summed E-state index contributed by atoms with van der Waals surface area (Å²) in [5.74, 6) is 0.938. The molecule has 1 aromatic rings. The molecule has 0 radical (unpaired) electrons. The van der Waals surface area contributed by atoms with Crippen LogP contribution < -0.4 is 10.2 Å². The Bertz CT molecular complexity index is 246. The lowest BCUT2D eigenvalue weighted by Crippen LogP contribution is -2.23. The molecule has 0 aliphatic carbocycles. The quantitative estimate of drug-likeness (QED) is 0.562. The van der Waals surface area contributed by atoms with E-state index in [1.807, 2.05) is 32.9 Å². The van der Waals surface area contributed by atoms with Crippen LogP contribution in [0.15, 0.2) is 24.3 Å². The fraction of sp³-hybridized carbons (Fsp3) is 0.400. The van der Waals surface area contributed by atoms with E-state index in [1.165, 1.54) is 5.46 Å². The van der Waals surface area contributed by atoms with Gasteiger partial charge in [-0.05, 0) is 32.9 Å². The first kappa shape index (κ1) is 9.18. The topological polar surface area (TPSA) is 9.23 Å². The van der Waals surface area contributed by atoms with Crippen LogP contribution in [0.3, 0.4) is 0 Å². The average molecular weight is 162 g/mol. The lowest BCUT2D eigenvalue weighted by atomic mass is 9.97. The Kier molecular flexibility index (Phi) is 2.46. The largest absolute Gasteiger partial charge is 0.488 e. The smallest absolute Gasteiger partial charge is 0.139 e. The predicted molar refractivity (Wildman–Crippen MR) is 55.0 cm³/mol. The number of ether oxygens (including phenoxy) is 1. The van der Waals surface area contributed by atoms with Crippen LogP contribution in [0.4, 0.5) is 0 Å². The van der Waals surface area contributed by atoms with Gasteiger partial charge in [-0.2, -0.15) is 0 Å². The van der Waals surface area contributed by atoms with Crippen LogP contribution in [-0.2, 0) is 0 Å². The summed E-state index contributed by atoms with van der Waals surface area (Å²) in [6, 6.07) is 8.11. The van der Waals surface area contributed by atoms with E-state index >= 15 is 0 Å². The summed E-state index contributed by atoms with van der Waals surface area (Å²) < 4.78 is 5.66. The molecule has 1 nitrogen and oxygen atoms in total. The molecule has 0 aliphatic rings. The lowest BCUT2D eigenvalue weighted by Gasteiger charge is -2.21. The zero-order valence-electron chi connectivity index (χ0n) is 8.22. The zero-order valence-corrected chi connectivity index (χ0v) is 8.22. The zero-order chi connectivity index (χ0) is 9.19. The molecule has 0 N–H and O–H groups in total. The van der Waals surface area contributed by atoms with E-state index in [2.05, 4.69) is 20.0 Å². The molecule has 0 aromatic heterocycles. The van der Waals surface area contributed by atoms with Crippen molar-refractivity contribution in [2.45, 2.75) is 26.4 Å². The molecule has 12 heavy (non-hydrogen) atoms. The second-order valence-electron chi connectivity index (χ2n) is 4.03. The van der Waals surface area contributed by atoms with Gasteiger partial charge in [0.05, 0.1) is 0 Å². The SMILES string of the molecule is Bc1ccc(OC(C)(C)C)cc1. The molecule has 0 bridgehead atoms. The second-order valence-corrected chi connectivity index (χ2v) is 4.03. The van der Waals surface area contributed by atoms with Crippen molar-refractivity contribution in [3.63, 3.8) is 0 Å². The molecule has 0 fully saturated rings. The predicted octanol–water partition coefficient (Wildman–Crippen LogP) is 1.12. The van der Waals surface area contributed by atoms with Crippen LogP contribution in [0.5, 0.6) is 5.75 Å². The number of hydrogen-bond donors (Lipinski definition) is 0. The maximum Gasteiger partial charge on any atom is 0.139 e. The highest BCUT2D eigenvalue weighted by Gasteiger charge is 2.10. The summed E-state index contributed by atoms with van der Waals surface area (Å²) in [6.45, 7) is 6.15. The van der Waals surface area contributed by atoms with Crippen LogP contribution in [0.1, 0.15) is 20.8 Å². The van der Waals surface area contributed by atoms with Gasteiger partial charge in [0.15, 0.2) is 0 Å². The van der Waals surface area contributed by atoms with Gasteiger partial charge in [-0.15, -0.1) is 0 Å². The third-order valence-electron chi connectivity index (χ3n) is 1.45. The fourth-order valence-electron chi connectivity index (χ4n) is 0.960. The molecule has 0 atom stereocenters. The summed E-state index contributed by atoms with van der Waals surface area (Å²) in [5.41, 5.74) is 1.16. The van der Waals surface area contributed by atoms with Crippen molar-refractivity contribution in [3.8, 4) is 5.75 Å². The lowest BCUT2D eigenvalue weighted by molar-refractivity contribution is 0.131. The molecule has 0 aliphatic heterocycles. The van der Waals surface area contributed by atoms with Gasteiger partial charge in [0, 0.05) is 0 Å².